The maximum Gasteiger partial charge on any atom is 0.0498 e. The average molecular weight is 154 g/mol. The van der Waals surface area contributed by atoms with Gasteiger partial charge in [0.1, 0.15) is 0 Å². The second-order valence-electron chi connectivity index (χ2n) is 4.14. The number of hydrogen-bond donors (Lipinski definition) is 0. The summed E-state index contributed by atoms with van der Waals surface area (Å²) in [7, 11) is 0. The predicted octanol–water partition coefficient (Wildman–Crippen LogP) is 2.46. The first-order valence-electron chi connectivity index (χ1n) is 4.98. The predicted molar refractivity (Wildman–Crippen MR) is 45.4 cm³/mol. The summed E-state index contributed by atoms with van der Waals surface area (Å²) in [5, 5.41) is 0. The highest BCUT2D eigenvalue weighted by Crippen LogP contribution is 2.38. The molecule has 1 saturated carbocycles. The molecule has 1 nitrogen and oxygen atoms in total. The molecule has 0 radical (unpaired) electrons. The van der Waals surface area contributed by atoms with Gasteiger partial charge in [-0.05, 0) is 30.6 Å². The van der Waals surface area contributed by atoms with E-state index in [0.29, 0.717) is 0 Å². The van der Waals surface area contributed by atoms with Crippen molar-refractivity contribution in [3.63, 3.8) is 0 Å². The fourth-order valence-electron chi connectivity index (χ4n) is 2.59. The van der Waals surface area contributed by atoms with Gasteiger partial charge < -0.3 is 4.74 Å². The lowest BCUT2D eigenvalue weighted by molar-refractivity contribution is 0.180. The molecule has 0 aromatic carbocycles. The number of rotatable bonds is 1. The molecular weight excluding hydrogens is 136 g/mol. The highest BCUT2D eigenvalue weighted by molar-refractivity contribution is 4.82. The van der Waals surface area contributed by atoms with E-state index in [-0.39, 0.29) is 0 Å². The molecule has 0 bridgehead atoms. The van der Waals surface area contributed by atoms with Gasteiger partial charge in [0, 0.05) is 13.2 Å². The van der Waals surface area contributed by atoms with Crippen molar-refractivity contribution < 1.29 is 4.74 Å². The van der Waals surface area contributed by atoms with Crippen molar-refractivity contribution >= 4 is 0 Å². The van der Waals surface area contributed by atoms with E-state index in [4.69, 9.17) is 4.74 Å². The van der Waals surface area contributed by atoms with Crippen LogP contribution >= 0.6 is 0 Å². The molecule has 1 aliphatic heterocycles. The fraction of sp³-hybridized carbons (Fsp3) is 1.00. The van der Waals surface area contributed by atoms with Gasteiger partial charge in [-0.25, -0.2) is 0 Å². The molecule has 1 aliphatic carbocycles. The zero-order valence-electron chi connectivity index (χ0n) is 7.38. The summed E-state index contributed by atoms with van der Waals surface area (Å²) in [5.41, 5.74) is 0. The van der Waals surface area contributed by atoms with Gasteiger partial charge in [0.25, 0.3) is 0 Å². The van der Waals surface area contributed by atoms with Gasteiger partial charge in [-0.15, -0.1) is 0 Å². The Kier molecular flexibility index (Phi) is 2.17. The van der Waals surface area contributed by atoms with E-state index in [0.717, 1.165) is 31.0 Å². The summed E-state index contributed by atoms with van der Waals surface area (Å²) in [6, 6.07) is 0. The summed E-state index contributed by atoms with van der Waals surface area (Å²) >= 11 is 0. The van der Waals surface area contributed by atoms with Crippen LogP contribution in [-0.4, -0.2) is 13.2 Å². The highest BCUT2D eigenvalue weighted by Gasteiger charge is 2.33. The summed E-state index contributed by atoms with van der Waals surface area (Å²) in [4.78, 5) is 0. The van der Waals surface area contributed by atoms with Gasteiger partial charge in [0.2, 0.25) is 0 Å². The molecule has 0 amide bonds. The monoisotopic (exact) mass is 154 g/mol. The molecule has 0 aromatic rings. The summed E-state index contributed by atoms with van der Waals surface area (Å²) in [5.74, 6) is 2.87. The molecule has 2 rings (SSSR count). The highest BCUT2D eigenvalue weighted by atomic mass is 16.5. The van der Waals surface area contributed by atoms with Crippen LogP contribution in [0.25, 0.3) is 0 Å². The van der Waals surface area contributed by atoms with Crippen molar-refractivity contribution in [1.82, 2.24) is 0 Å². The van der Waals surface area contributed by atoms with Crippen LogP contribution in [0.2, 0.25) is 0 Å². The van der Waals surface area contributed by atoms with E-state index >= 15 is 0 Å². The zero-order chi connectivity index (χ0) is 7.68. The molecule has 2 aliphatic rings. The van der Waals surface area contributed by atoms with Crippen LogP contribution in [-0.2, 0) is 4.74 Å². The lowest BCUT2D eigenvalue weighted by atomic mass is 9.75. The molecule has 0 N–H and O–H groups in total. The van der Waals surface area contributed by atoms with Gasteiger partial charge in [-0.1, -0.05) is 19.8 Å². The minimum Gasteiger partial charge on any atom is -0.381 e. The van der Waals surface area contributed by atoms with Crippen molar-refractivity contribution in [2.24, 2.45) is 17.8 Å². The SMILES string of the molecule is CCC1CCC2COCC2C1. The van der Waals surface area contributed by atoms with Crippen molar-refractivity contribution in [2.75, 3.05) is 13.2 Å². The Labute approximate surface area is 69.1 Å². The second kappa shape index (κ2) is 3.14. The summed E-state index contributed by atoms with van der Waals surface area (Å²) in [6.07, 6.45) is 5.72. The topological polar surface area (TPSA) is 9.23 Å². The Morgan fingerprint density at radius 1 is 1.18 bits per heavy atom. The van der Waals surface area contributed by atoms with Gasteiger partial charge in [-0.2, -0.15) is 0 Å². The Morgan fingerprint density at radius 3 is 2.82 bits per heavy atom. The molecular formula is C10H18O. The van der Waals surface area contributed by atoms with E-state index < -0.39 is 0 Å². The minimum absolute atomic E-state index is 0.925. The van der Waals surface area contributed by atoms with Gasteiger partial charge >= 0.3 is 0 Å². The third kappa shape index (κ3) is 1.44. The Bertz CT molecular complexity index is 133. The van der Waals surface area contributed by atoms with Crippen molar-refractivity contribution in [3.8, 4) is 0 Å². The summed E-state index contributed by atoms with van der Waals surface area (Å²) < 4.78 is 5.48. The third-order valence-electron chi connectivity index (χ3n) is 3.49. The van der Waals surface area contributed by atoms with E-state index in [1.54, 1.807) is 0 Å². The molecule has 2 fully saturated rings. The van der Waals surface area contributed by atoms with Gasteiger partial charge in [-0.3, -0.25) is 0 Å². The molecule has 64 valence electrons. The van der Waals surface area contributed by atoms with E-state index in [1.807, 2.05) is 0 Å². The first-order valence-corrected chi connectivity index (χ1v) is 4.98. The molecule has 1 saturated heterocycles. The number of fused-ring (bicyclic) bond motifs is 1. The van der Waals surface area contributed by atoms with Crippen LogP contribution < -0.4 is 0 Å². The zero-order valence-corrected chi connectivity index (χ0v) is 7.38. The maximum atomic E-state index is 5.48. The van der Waals surface area contributed by atoms with E-state index in [9.17, 15) is 0 Å². The molecule has 1 heteroatoms. The van der Waals surface area contributed by atoms with Crippen LogP contribution in [0.3, 0.4) is 0 Å². The van der Waals surface area contributed by atoms with Crippen molar-refractivity contribution in [3.05, 3.63) is 0 Å². The molecule has 1 heterocycles. The second-order valence-corrected chi connectivity index (χ2v) is 4.14. The van der Waals surface area contributed by atoms with Crippen LogP contribution in [0, 0.1) is 17.8 Å². The summed E-state index contributed by atoms with van der Waals surface area (Å²) in [6.45, 7) is 4.43. The first kappa shape index (κ1) is 7.60. The van der Waals surface area contributed by atoms with Crippen molar-refractivity contribution in [1.29, 1.82) is 0 Å². The Morgan fingerprint density at radius 2 is 2.00 bits per heavy atom. The number of hydrogen-bond acceptors (Lipinski definition) is 1. The smallest absolute Gasteiger partial charge is 0.0498 e. The quantitative estimate of drug-likeness (QED) is 0.563. The lowest BCUT2D eigenvalue weighted by Gasteiger charge is -2.29. The fourth-order valence-corrected chi connectivity index (χ4v) is 2.59. The van der Waals surface area contributed by atoms with Crippen LogP contribution in [0.15, 0.2) is 0 Å². The number of ether oxygens (including phenoxy) is 1. The first-order chi connectivity index (χ1) is 5.40. The van der Waals surface area contributed by atoms with Gasteiger partial charge in [0.05, 0.1) is 0 Å². The Balaban J connectivity index is 1.91. The largest absolute Gasteiger partial charge is 0.381 e. The maximum absolute atomic E-state index is 5.48. The van der Waals surface area contributed by atoms with E-state index in [1.165, 1.54) is 25.7 Å². The molecule has 11 heavy (non-hydrogen) atoms. The molecule has 0 spiro atoms. The Hall–Kier alpha value is -0.0400. The van der Waals surface area contributed by atoms with Crippen LogP contribution in [0.5, 0.6) is 0 Å². The third-order valence-corrected chi connectivity index (χ3v) is 3.49. The van der Waals surface area contributed by atoms with Gasteiger partial charge in [0.15, 0.2) is 0 Å². The normalized spacial score (nSPS) is 43.9. The molecule has 0 aromatic heterocycles. The standard InChI is InChI=1S/C10H18O/c1-2-8-3-4-9-6-11-7-10(9)5-8/h8-10H,2-7H2,1H3. The molecule has 3 atom stereocenters. The van der Waals surface area contributed by atoms with Crippen LogP contribution in [0.1, 0.15) is 32.6 Å². The lowest BCUT2D eigenvalue weighted by Crippen LogP contribution is -2.22. The van der Waals surface area contributed by atoms with Crippen molar-refractivity contribution in [2.45, 2.75) is 32.6 Å². The average Bonchev–Trinajstić information content (AvgIpc) is 2.50. The van der Waals surface area contributed by atoms with E-state index in [2.05, 4.69) is 6.92 Å². The molecule has 3 unspecified atom stereocenters. The van der Waals surface area contributed by atoms with Crippen LogP contribution in [0.4, 0.5) is 0 Å². The minimum atomic E-state index is 0.925.